The predicted molar refractivity (Wildman–Crippen MR) is 60.5 cm³/mol. The number of carbonyl (C=O) groups is 1. The van der Waals surface area contributed by atoms with Crippen molar-refractivity contribution in [1.29, 1.82) is 0 Å². The Hall–Kier alpha value is -1.36. The van der Waals surface area contributed by atoms with Gasteiger partial charge in [0, 0.05) is 20.0 Å². The summed E-state index contributed by atoms with van der Waals surface area (Å²) in [5.74, 6) is 0.524. The van der Waals surface area contributed by atoms with E-state index in [2.05, 4.69) is 5.10 Å². The van der Waals surface area contributed by atoms with Crippen molar-refractivity contribution in [3.05, 3.63) is 17.5 Å². The fourth-order valence-electron chi connectivity index (χ4n) is 2.17. The first kappa shape index (κ1) is 11.1. The molecular formula is C11H18N4O. The summed E-state index contributed by atoms with van der Waals surface area (Å²) < 4.78 is 1.83. The Labute approximate surface area is 95.2 Å². The van der Waals surface area contributed by atoms with Crippen LogP contribution < -0.4 is 5.73 Å². The Morgan fingerprint density at radius 1 is 1.62 bits per heavy atom. The van der Waals surface area contributed by atoms with Crippen LogP contribution >= 0.6 is 0 Å². The summed E-state index contributed by atoms with van der Waals surface area (Å²) in [5, 5.41) is 4.27. The summed E-state index contributed by atoms with van der Waals surface area (Å²) >= 11 is 0. The third kappa shape index (κ3) is 2.09. The van der Waals surface area contributed by atoms with Gasteiger partial charge in [-0.15, -0.1) is 0 Å². The van der Waals surface area contributed by atoms with E-state index in [1.807, 2.05) is 29.6 Å². The van der Waals surface area contributed by atoms with E-state index in [1.54, 1.807) is 0 Å². The molecule has 0 bridgehead atoms. The summed E-state index contributed by atoms with van der Waals surface area (Å²) in [7, 11) is 1.91. The Kier molecular flexibility index (Phi) is 2.96. The largest absolute Gasteiger partial charge is 0.336 e. The van der Waals surface area contributed by atoms with E-state index in [-0.39, 0.29) is 5.91 Å². The Morgan fingerprint density at radius 3 is 2.88 bits per heavy atom. The monoisotopic (exact) mass is 222 g/mol. The normalized spacial score (nSPS) is 20.8. The van der Waals surface area contributed by atoms with Crippen LogP contribution in [0, 0.1) is 12.8 Å². The van der Waals surface area contributed by atoms with Crippen molar-refractivity contribution < 1.29 is 4.79 Å². The molecule has 1 aliphatic rings. The molecule has 1 aromatic rings. The van der Waals surface area contributed by atoms with Crippen molar-refractivity contribution in [2.45, 2.75) is 19.9 Å². The van der Waals surface area contributed by atoms with E-state index in [9.17, 15) is 4.79 Å². The molecule has 1 amide bonds. The molecule has 0 radical (unpaired) electrons. The highest BCUT2D eigenvalue weighted by Gasteiger charge is 2.28. The van der Waals surface area contributed by atoms with Gasteiger partial charge < -0.3 is 10.6 Å². The molecule has 2 heterocycles. The number of nitrogens with two attached hydrogens (primary N) is 1. The minimum atomic E-state index is 0.203. The summed E-state index contributed by atoms with van der Waals surface area (Å²) in [6, 6.07) is 2.02. The summed E-state index contributed by atoms with van der Waals surface area (Å²) in [4.78, 5) is 13.6. The molecule has 1 fully saturated rings. The van der Waals surface area contributed by atoms with Crippen LogP contribution in [0.3, 0.4) is 0 Å². The van der Waals surface area contributed by atoms with Gasteiger partial charge in [0.25, 0.3) is 0 Å². The number of amides is 1. The van der Waals surface area contributed by atoms with Crippen molar-refractivity contribution in [2.24, 2.45) is 18.7 Å². The molecule has 1 saturated heterocycles. The Balaban J connectivity index is 2.05. The van der Waals surface area contributed by atoms with Crippen LogP contribution in [0.2, 0.25) is 0 Å². The second-order valence-electron chi connectivity index (χ2n) is 4.48. The average molecular weight is 222 g/mol. The number of hydrogen-bond donors (Lipinski definition) is 1. The van der Waals surface area contributed by atoms with Crippen molar-refractivity contribution in [2.75, 3.05) is 13.1 Å². The van der Waals surface area contributed by atoms with Crippen LogP contribution in [0.5, 0.6) is 0 Å². The zero-order valence-corrected chi connectivity index (χ0v) is 9.81. The number of rotatable bonds is 3. The van der Waals surface area contributed by atoms with Gasteiger partial charge >= 0.3 is 0 Å². The Morgan fingerprint density at radius 2 is 2.38 bits per heavy atom. The highest BCUT2D eigenvalue weighted by atomic mass is 16.2. The van der Waals surface area contributed by atoms with E-state index < -0.39 is 0 Å². The summed E-state index contributed by atoms with van der Waals surface area (Å²) in [6.07, 6.45) is 0.591. The van der Waals surface area contributed by atoms with Crippen molar-refractivity contribution in [3.8, 4) is 0 Å². The van der Waals surface area contributed by atoms with Gasteiger partial charge in [0.15, 0.2) is 0 Å². The van der Waals surface area contributed by atoms with E-state index in [4.69, 9.17) is 5.73 Å². The smallest absolute Gasteiger partial charge is 0.223 e. The van der Waals surface area contributed by atoms with Gasteiger partial charge in [0.2, 0.25) is 5.91 Å². The molecule has 0 aromatic carbocycles. The van der Waals surface area contributed by atoms with Gasteiger partial charge in [0.1, 0.15) is 0 Å². The zero-order chi connectivity index (χ0) is 11.7. The second-order valence-corrected chi connectivity index (χ2v) is 4.48. The lowest BCUT2D eigenvalue weighted by Gasteiger charge is -2.16. The van der Waals surface area contributed by atoms with Gasteiger partial charge in [0.05, 0.1) is 17.9 Å². The number of hydrogen-bond acceptors (Lipinski definition) is 3. The Bertz CT molecular complexity index is 399. The second kappa shape index (κ2) is 4.25. The molecule has 5 nitrogen and oxygen atoms in total. The lowest BCUT2D eigenvalue weighted by atomic mass is 10.1. The maximum atomic E-state index is 11.7. The maximum absolute atomic E-state index is 11.7. The number of carbonyl (C=O) groups excluding carboxylic acids is 1. The summed E-state index contributed by atoms with van der Waals surface area (Å²) in [6.45, 7) is 3.97. The molecule has 5 heteroatoms. The zero-order valence-electron chi connectivity index (χ0n) is 9.81. The van der Waals surface area contributed by atoms with Crippen molar-refractivity contribution >= 4 is 5.91 Å². The van der Waals surface area contributed by atoms with Gasteiger partial charge in [-0.3, -0.25) is 9.48 Å². The molecule has 0 spiro atoms. The highest BCUT2D eigenvalue weighted by molar-refractivity contribution is 5.78. The van der Waals surface area contributed by atoms with Gasteiger partial charge in [-0.25, -0.2) is 0 Å². The van der Waals surface area contributed by atoms with Crippen molar-refractivity contribution in [1.82, 2.24) is 14.7 Å². The molecule has 0 aliphatic carbocycles. The first-order chi connectivity index (χ1) is 7.60. The third-order valence-electron chi connectivity index (χ3n) is 3.08. The maximum Gasteiger partial charge on any atom is 0.223 e. The van der Waals surface area contributed by atoms with Crippen LogP contribution in [0.25, 0.3) is 0 Å². The SMILES string of the molecule is Cc1cc(CN2CC(CN)CC2=O)n(C)n1. The quantitative estimate of drug-likeness (QED) is 0.785. The predicted octanol–water partition coefficient (Wildman–Crippen LogP) is 0.0357. The first-order valence-electron chi connectivity index (χ1n) is 5.57. The number of aryl methyl sites for hydroxylation is 2. The van der Waals surface area contributed by atoms with Crippen LogP contribution in [0.4, 0.5) is 0 Å². The van der Waals surface area contributed by atoms with Crippen LogP contribution in [-0.2, 0) is 18.4 Å². The van der Waals surface area contributed by atoms with E-state index in [0.29, 0.717) is 25.4 Å². The molecule has 1 atom stereocenters. The highest BCUT2D eigenvalue weighted by Crippen LogP contribution is 2.19. The molecule has 0 saturated carbocycles. The summed E-state index contributed by atoms with van der Waals surface area (Å²) in [5.41, 5.74) is 7.65. The number of nitrogens with zero attached hydrogens (tertiary/aromatic N) is 3. The molecule has 1 aliphatic heterocycles. The van der Waals surface area contributed by atoms with Crippen LogP contribution in [-0.4, -0.2) is 33.7 Å². The first-order valence-corrected chi connectivity index (χ1v) is 5.57. The minimum absolute atomic E-state index is 0.203. The molecule has 88 valence electrons. The topological polar surface area (TPSA) is 64.2 Å². The van der Waals surface area contributed by atoms with Gasteiger partial charge in [-0.2, -0.15) is 5.10 Å². The van der Waals surface area contributed by atoms with E-state index in [0.717, 1.165) is 17.9 Å². The fraction of sp³-hybridized carbons (Fsp3) is 0.636. The molecule has 2 rings (SSSR count). The lowest BCUT2D eigenvalue weighted by Crippen LogP contribution is -2.26. The molecule has 2 N–H and O–H groups in total. The number of aromatic nitrogens is 2. The standard InChI is InChI=1S/C11H18N4O/c1-8-3-10(14(2)13-8)7-15-6-9(5-12)4-11(15)16/h3,9H,4-7,12H2,1-2H3. The van der Waals surface area contributed by atoms with Crippen LogP contribution in [0.15, 0.2) is 6.07 Å². The molecular weight excluding hydrogens is 204 g/mol. The third-order valence-corrected chi connectivity index (χ3v) is 3.08. The minimum Gasteiger partial charge on any atom is -0.336 e. The number of likely N-dealkylation sites (tertiary alicyclic amines) is 1. The van der Waals surface area contributed by atoms with Gasteiger partial charge in [-0.1, -0.05) is 0 Å². The fourth-order valence-corrected chi connectivity index (χ4v) is 2.17. The van der Waals surface area contributed by atoms with E-state index >= 15 is 0 Å². The molecule has 16 heavy (non-hydrogen) atoms. The van der Waals surface area contributed by atoms with Gasteiger partial charge in [-0.05, 0) is 25.5 Å². The average Bonchev–Trinajstić information content (AvgIpc) is 2.72. The molecule has 1 aromatic heterocycles. The van der Waals surface area contributed by atoms with Crippen molar-refractivity contribution in [3.63, 3.8) is 0 Å². The lowest BCUT2D eigenvalue weighted by molar-refractivity contribution is -0.128. The van der Waals surface area contributed by atoms with Crippen LogP contribution in [0.1, 0.15) is 17.8 Å². The van der Waals surface area contributed by atoms with E-state index in [1.165, 1.54) is 0 Å². The molecule has 1 unspecified atom stereocenters.